The maximum atomic E-state index is 5.80. The van der Waals surface area contributed by atoms with E-state index < -0.39 is 0 Å². The van der Waals surface area contributed by atoms with Crippen molar-refractivity contribution < 1.29 is 0 Å². The highest BCUT2D eigenvalue weighted by atomic mass is 15.1. The maximum Gasteiger partial charge on any atom is 0.0373 e. The molecule has 0 fully saturated rings. The Morgan fingerprint density at radius 1 is 0.565 bits per heavy atom. The first kappa shape index (κ1) is 15.0. The number of rotatable bonds is 3. The zero-order chi connectivity index (χ0) is 16.4. The molecule has 4 N–H and O–H groups in total. The van der Waals surface area contributed by atoms with Crippen LogP contribution in [0.1, 0.15) is 0 Å². The van der Waals surface area contributed by atoms with Crippen LogP contribution in [0.15, 0.2) is 66.7 Å². The summed E-state index contributed by atoms with van der Waals surface area (Å²) in [5.74, 6) is 0. The smallest absolute Gasteiger partial charge is 0.0373 e. The van der Waals surface area contributed by atoms with Crippen molar-refractivity contribution >= 4 is 17.1 Å². The molecule has 0 radical (unpaired) electrons. The van der Waals surface area contributed by atoms with E-state index in [-0.39, 0.29) is 0 Å². The second-order valence-electron chi connectivity index (χ2n) is 5.91. The molecule has 0 spiro atoms. The molecule has 3 aromatic carbocycles. The number of nitrogens with two attached hydrogens (primary N) is 2. The SMILES string of the molecule is CN(C)c1cc(-c2ccc(N)cc2)cc(-c2ccc(N)cc2)c1. The second kappa shape index (κ2) is 6.05. The lowest BCUT2D eigenvalue weighted by Crippen LogP contribution is -2.08. The fourth-order valence-electron chi connectivity index (χ4n) is 2.55. The minimum absolute atomic E-state index is 0.774. The van der Waals surface area contributed by atoms with Crippen LogP contribution in [0.4, 0.5) is 17.1 Å². The van der Waals surface area contributed by atoms with Crippen LogP contribution in [-0.4, -0.2) is 14.1 Å². The van der Waals surface area contributed by atoms with Gasteiger partial charge in [-0.05, 0) is 64.7 Å². The summed E-state index contributed by atoms with van der Waals surface area (Å²) in [6.07, 6.45) is 0. The first-order valence-corrected chi connectivity index (χ1v) is 7.57. The van der Waals surface area contributed by atoms with E-state index in [1.807, 2.05) is 24.3 Å². The van der Waals surface area contributed by atoms with E-state index in [4.69, 9.17) is 11.5 Å². The van der Waals surface area contributed by atoms with Gasteiger partial charge in [0.15, 0.2) is 0 Å². The molecule has 3 nitrogen and oxygen atoms in total. The Hall–Kier alpha value is -2.94. The molecule has 0 heterocycles. The lowest BCUT2D eigenvalue weighted by Gasteiger charge is -2.17. The average Bonchev–Trinajstić information content (AvgIpc) is 2.55. The molecule has 0 unspecified atom stereocenters. The van der Waals surface area contributed by atoms with E-state index in [0.717, 1.165) is 28.2 Å². The average molecular weight is 303 g/mol. The van der Waals surface area contributed by atoms with Crippen molar-refractivity contribution in [3.63, 3.8) is 0 Å². The summed E-state index contributed by atoms with van der Waals surface area (Å²) in [5.41, 5.74) is 18.9. The number of hydrogen-bond donors (Lipinski definition) is 2. The van der Waals surface area contributed by atoms with Crippen molar-refractivity contribution in [2.45, 2.75) is 0 Å². The number of hydrogen-bond acceptors (Lipinski definition) is 3. The normalized spacial score (nSPS) is 10.5. The fraction of sp³-hybridized carbons (Fsp3) is 0.100. The van der Waals surface area contributed by atoms with Gasteiger partial charge in [-0.15, -0.1) is 0 Å². The molecule has 0 saturated heterocycles. The van der Waals surface area contributed by atoms with Crippen molar-refractivity contribution in [1.29, 1.82) is 0 Å². The van der Waals surface area contributed by atoms with Crippen molar-refractivity contribution in [2.75, 3.05) is 30.5 Å². The number of benzene rings is 3. The third-order valence-corrected chi connectivity index (χ3v) is 3.92. The van der Waals surface area contributed by atoms with Gasteiger partial charge in [0.1, 0.15) is 0 Å². The Morgan fingerprint density at radius 3 is 1.30 bits per heavy atom. The highest BCUT2D eigenvalue weighted by molar-refractivity contribution is 5.79. The molecular formula is C20H21N3. The Kier molecular flexibility index (Phi) is 3.94. The van der Waals surface area contributed by atoms with Gasteiger partial charge in [0.05, 0.1) is 0 Å². The Labute approximate surface area is 137 Å². The van der Waals surface area contributed by atoms with E-state index >= 15 is 0 Å². The van der Waals surface area contributed by atoms with Crippen LogP contribution in [0.5, 0.6) is 0 Å². The Bertz CT molecular complexity index is 740. The van der Waals surface area contributed by atoms with Crippen molar-refractivity contribution in [1.82, 2.24) is 0 Å². The number of anilines is 3. The molecular weight excluding hydrogens is 282 g/mol. The summed E-state index contributed by atoms with van der Waals surface area (Å²) >= 11 is 0. The Balaban J connectivity index is 2.13. The van der Waals surface area contributed by atoms with Gasteiger partial charge in [0.2, 0.25) is 0 Å². The summed E-state index contributed by atoms with van der Waals surface area (Å²) < 4.78 is 0. The molecule has 3 heteroatoms. The van der Waals surface area contributed by atoms with Gasteiger partial charge in [0.25, 0.3) is 0 Å². The minimum Gasteiger partial charge on any atom is -0.399 e. The number of nitrogen functional groups attached to an aromatic ring is 2. The molecule has 116 valence electrons. The zero-order valence-corrected chi connectivity index (χ0v) is 13.5. The van der Waals surface area contributed by atoms with Gasteiger partial charge in [-0.2, -0.15) is 0 Å². The molecule has 0 saturated carbocycles. The third kappa shape index (κ3) is 3.29. The molecule has 3 rings (SSSR count). The van der Waals surface area contributed by atoms with Gasteiger partial charge in [-0.1, -0.05) is 24.3 Å². The number of nitrogens with zero attached hydrogens (tertiary/aromatic N) is 1. The van der Waals surface area contributed by atoms with E-state index in [1.54, 1.807) is 0 Å². The predicted molar refractivity (Wildman–Crippen MR) is 100 cm³/mol. The van der Waals surface area contributed by atoms with Crippen molar-refractivity contribution in [3.05, 3.63) is 66.7 Å². The first-order chi connectivity index (χ1) is 11.0. The molecule has 0 aliphatic heterocycles. The standard InChI is InChI=1S/C20H21N3/c1-23(2)20-12-16(14-3-7-18(21)8-4-14)11-17(13-20)15-5-9-19(22)10-6-15/h3-13H,21-22H2,1-2H3. The van der Waals surface area contributed by atoms with E-state index in [0.29, 0.717) is 0 Å². The monoisotopic (exact) mass is 303 g/mol. The molecule has 3 aromatic rings. The van der Waals surface area contributed by atoms with Gasteiger partial charge in [-0.3, -0.25) is 0 Å². The highest BCUT2D eigenvalue weighted by Gasteiger charge is 2.07. The van der Waals surface area contributed by atoms with Crippen LogP contribution in [0.2, 0.25) is 0 Å². The summed E-state index contributed by atoms with van der Waals surface area (Å²) in [4.78, 5) is 2.11. The molecule has 0 aromatic heterocycles. The summed E-state index contributed by atoms with van der Waals surface area (Å²) in [7, 11) is 4.10. The summed E-state index contributed by atoms with van der Waals surface area (Å²) in [6, 6.07) is 22.5. The first-order valence-electron chi connectivity index (χ1n) is 7.57. The quantitative estimate of drug-likeness (QED) is 0.711. The van der Waals surface area contributed by atoms with E-state index in [2.05, 4.69) is 61.5 Å². The predicted octanol–water partition coefficient (Wildman–Crippen LogP) is 4.25. The van der Waals surface area contributed by atoms with Crippen LogP contribution in [0, 0.1) is 0 Å². The van der Waals surface area contributed by atoms with Crippen LogP contribution in [0.3, 0.4) is 0 Å². The van der Waals surface area contributed by atoms with Gasteiger partial charge in [-0.25, -0.2) is 0 Å². The van der Waals surface area contributed by atoms with Crippen LogP contribution < -0.4 is 16.4 Å². The van der Waals surface area contributed by atoms with Gasteiger partial charge >= 0.3 is 0 Å². The zero-order valence-electron chi connectivity index (χ0n) is 13.5. The fourth-order valence-corrected chi connectivity index (χ4v) is 2.55. The van der Waals surface area contributed by atoms with E-state index in [1.165, 1.54) is 11.1 Å². The van der Waals surface area contributed by atoms with Crippen molar-refractivity contribution in [3.8, 4) is 22.3 Å². The molecule has 23 heavy (non-hydrogen) atoms. The third-order valence-electron chi connectivity index (χ3n) is 3.92. The molecule has 0 amide bonds. The second-order valence-corrected chi connectivity index (χ2v) is 5.91. The highest BCUT2D eigenvalue weighted by Crippen LogP contribution is 2.32. The lowest BCUT2D eigenvalue weighted by atomic mass is 9.97. The lowest BCUT2D eigenvalue weighted by molar-refractivity contribution is 1.13. The topological polar surface area (TPSA) is 55.3 Å². The van der Waals surface area contributed by atoms with Crippen LogP contribution >= 0.6 is 0 Å². The van der Waals surface area contributed by atoms with Crippen LogP contribution in [-0.2, 0) is 0 Å². The Morgan fingerprint density at radius 2 is 0.957 bits per heavy atom. The van der Waals surface area contributed by atoms with Crippen LogP contribution in [0.25, 0.3) is 22.3 Å². The summed E-state index contributed by atoms with van der Waals surface area (Å²) in [6.45, 7) is 0. The largest absolute Gasteiger partial charge is 0.399 e. The minimum atomic E-state index is 0.774. The molecule has 0 aliphatic carbocycles. The molecule has 0 aliphatic rings. The van der Waals surface area contributed by atoms with Gasteiger partial charge < -0.3 is 16.4 Å². The van der Waals surface area contributed by atoms with E-state index in [9.17, 15) is 0 Å². The maximum absolute atomic E-state index is 5.80. The molecule has 0 atom stereocenters. The van der Waals surface area contributed by atoms with Crippen molar-refractivity contribution in [2.24, 2.45) is 0 Å². The summed E-state index contributed by atoms with van der Waals surface area (Å²) in [5, 5.41) is 0. The van der Waals surface area contributed by atoms with Gasteiger partial charge in [0, 0.05) is 31.2 Å². The molecule has 0 bridgehead atoms.